The third kappa shape index (κ3) is 3.75. The SMILES string of the molecule is O=C(O)c1ccc(COc2cccc(F)c2)cc1C(F)(F)F. The van der Waals surface area contributed by atoms with Gasteiger partial charge in [-0.05, 0) is 29.8 Å². The van der Waals surface area contributed by atoms with Gasteiger partial charge in [0.25, 0.3) is 0 Å². The molecule has 0 aliphatic rings. The zero-order valence-electron chi connectivity index (χ0n) is 11.0. The summed E-state index contributed by atoms with van der Waals surface area (Å²) >= 11 is 0. The molecule has 116 valence electrons. The Bertz CT molecular complexity index is 695. The maximum atomic E-state index is 13.0. The van der Waals surface area contributed by atoms with Gasteiger partial charge in [0.2, 0.25) is 0 Å². The largest absolute Gasteiger partial charge is 0.489 e. The van der Waals surface area contributed by atoms with Crippen LogP contribution < -0.4 is 4.74 Å². The fourth-order valence-electron chi connectivity index (χ4n) is 1.83. The topological polar surface area (TPSA) is 46.5 Å². The Morgan fingerprint density at radius 2 is 1.86 bits per heavy atom. The number of ether oxygens (including phenoxy) is 1. The predicted octanol–water partition coefficient (Wildman–Crippen LogP) is 4.12. The second-order valence-electron chi connectivity index (χ2n) is 4.43. The summed E-state index contributed by atoms with van der Waals surface area (Å²) in [5.74, 6) is -2.03. The first-order valence-electron chi connectivity index (χ1n) is 6.09. The Kier molecular flexibility index (Phi) is 4.35. The van der Waals surface area contributed by atoms with Gasteiger partial charge in [-0.15, -0.1) is 0 Å². The molecule has 2 aromatic carbocycles. The van der Waals surface area contributed by atoms with E-state index < -0.39 is 29.1 Å². The third-order valence-corrected chi connectivity index (χ3v) is 2.82. The molecule has 0 bridgehead atoms. The molecule has 0 spiro atoms. The van der Waals surface area contributed by atoms with Crippen molar-refractivity contribution < 1.29 is 32.2 Å². The highest BCUT2D eigenvalue weighted by atomic mass is 19.4. The van der Waals surface area contributed by atoms with E-state index in [1.807, 2.05) is 0 Å². The molecule has 0 aliphatic heterocycles. The first-order valence-corrected chi connectivity index (χ1v) is 6.09. The van der Waals surface area contributed by atoms with E-state index >= 15 is 0 Å². The fraction of sp³-hybridized carbons (Fsp3) is 0.133. The summed E-state index contributed by atoms with van der Waals surface area (Å²) in [5, 5.41) is 8.79. The van der Waals surface area contributed by atoms with Crippen LogP contribution in [0.3, 0.4) is 0 Å². The summed E-state index contributed by atoms with van der Waals surface area (Å²) in [6, 6.07) is 7.96. The van der Waals surface area contributed by atoms with E-state index in [-0.39, 0.29) is 17.9 Å². The van der Waals surface area contributed by atoms with Crippen molar-refractivity contribution in [3.05, 3.63) is 65.0 Å². The molecule has 0 aliphatic carbocycles. The van der Waals surface area contributed by atoms with E-state index in [2.05, 4.69) is 0 Å². The molecule has 1 N–H and O–H groups in total. The number of rotatable bonds is 4. The minimum atomic E-state index is -4.79. The molecule has 0 saturated carbocycles. The van der Waals surface area contributed by atoms with Gasteiger partial charge in [0.05, 0.1) is 11.1 Å². The smallest absolute Gasteiger partial charge is 0.417 e. The second-order valence-corrected chi connectivity index (χ2v) is 4.43. The number of carbonyl (C=O) groups is 1. The van der Waals surface area contributed by atoms with Gasteiger partial charge >= 0.3 is 12.1 Å². The molecular formula is C15H10F4O3. The van der Waals surface area contributed by atoms with Crippen molar-refractivity contribution in [2.45, 2.75) is 12.8 Å². The van der Waals surface area contributed by atoms with Crippen LogP contribution in [-0.4, -0.2) is 11.1 Å². The first-order chi connectivity index (χ1) is 10.3. The highest BCUT2D eigenvalue weighted by Crippen LogP contribution is 2.33. The molecule has 22 heavy (non-hydrogen) atoms. The van der Waals surface area contributed by atoms with Gasteiger partial charge in [-0.1, -0.05) is 12.1 Å². The highest BCUT2D eigenvalue weighted by Gasteiger charge is 2.35. The van der Waals surface area contributed by atoms with Crippen LogP contribution in [0.2, 0.25) is 0 Å². The maximum Gasteiger partial charge on any atom is 0.417 e. The Balaban J connectivity index is 2.24. The summed E-state index contributed by atoms with van der Waals surface area (Å²) in [6.45, 7) is -0.244. The fourth-order valence-corrected chi connectivity index (χ4v) is 1.83. The van der Waals surface area contributed by atoms with Gasteiger partial charge in [-0.25, -0.2) is 9.18 Å². The zero-order chi connectivity index (χ0) is 16.3. The quantitative estimate of drug-likeness (QED) is 0.864. The minimum Gasteiger partial charge on any atom is -0.489 e. The lowest BCUT2D eigenvalue weighted by Gasteiger charge is -2.13. The number of hydrogen-bond acceptors (Lipinski definition) is 2. The van der Waals surface area contributed by atoms with E-state index in [0.29, 0.717) is 6.07 Å². The molecule has 2 aromatic rings. The van der Waals surface area contributed by atoms with Crippen molar-refractivity contribution in [1.82, 2.24) is 0 Å². The van der Waals surface area contributed by atoms with Crippen molar-refractivity contribution in [3.8, 4) is 5.75 Å². The van der Waals surface area contributed by atoms with Crippen LogP contribution in [-0.2, 0) is 12.8 Å². The summed E-state index contributed by atoms with van der Waals surface area (Å²) in [5.41, 5.74) is -1.95. The van der Waals surface area contributed by atoms with E-state index in [1.54, 1.807) is 0 Å². The van der Waals surface area contributed by atoms with Crippen LogP contribution >= 0.6 is 0 Å². The van der Waals surface area contributed by atoms with Crippen LogP contribution in [0.5, 0.6) is 5.75 Å². The van der Waals surface area contributed by atoms with E-state index in [4.69, 9.17) is 9.84 Å². The van der Waals surface area contributed by atoms with Gasteiger partial charge in [-0.2, -0.15) is 13.2 Å². The Labute approximate surface area is 122 Å². The Morgan fingerprint density at radius 3 is 2.45 bits per heavy atom. The number of carboxylic acid groups (broad SMARTS) is 1. The monoisotopic (exact) mass is 314 g/mol. The standard InChI is InChI=1S/C15H10F4O3/c16-10-2-1-3-11(7-10)22-8-9-4-5-12(14(20)21)13(6-9)15(17,18)19/h1-7H,8H2,(H,20,21). The molecule has 0 amide bonds. The Hall–Kier alpha value is -2.57. The number of halogens is 4. The minimum absolute atomic E-state index is 0.126. The van der Waals surface area contributed by atoms with Crippen molar-refractivity contribution >= 4 is 5.97 Å². The van der Waals surface area contributed by atoms with E-state index in [9.17, 15) is 22.4 Å². The van der Waals surface area contributed by atoms with Crippen molar-refractivity contribution in [2.75, 3.05) is 0 Å². The molecule has 0 heterocycles. The molecule has 0 saturated heterocycles. The molecule has 2 rings (SSSR count). The number of hydrogen-bond donors (Lipinski definition) is 1. The molecule has 0 atom stereocenters. The summed E-state index contributed by atoms with van der Waals surface area (Å²) in [4.78, 5) is 10.8. The molecule has 0 fully saturated rings. The lowest BCUT2D eigenvalue weighted by Crippen LogP contribution is -2.13. The summed E-state index contributed by atoms with van der Waals surface area (Å²) in [6.07, 6.45) is -4.79. The van der Waals surface area contributed by atoms with Gasteiger partial charge in [0.15, 0.2) is 0 Å². The third-order valence-electron chi connectivity index (χ3n) is 2.82. The lowest BCUT2D eigenvalue weighted by atomic mass is 10.0. The Morgan fingerprint density at radius 1 is 1.14 bits per heavy atom. The van der Waals surface area contributed by atoms with Crippen LogP contribution in [0, 0.1) is 5.82 Å². The van der Waals surface area contributed by atoms with Crippen LogP contribution in [0.4, 0.5) is 17.6 Å². The van der Waals surface area contributed by atoms with Gasteiger partial charge < -0.3 is 9.84 Å². The summed E-state index contributed by atoms with van der Waals surface area (Å²) in [7, 11) is 0. The molecule has 3 nitrogen and oxygen atoms in total. The molecule has 0 unspecified atom stereocenters. The first kappa shape index (κ1) is 15.8. The highest BCUT2D eigenvalue weighted by molar-refractivity contribution is 5.89. The van der Waals surface area contributed by atoms with Crippen LogP contribution in [0.1, 0.15) is 21.5 Å². The average Bonchev–Trinajstić information content (AvgIpc) is 2.44. The van der Waals surface area contributed by atoms with Crippen molar-refractivity contribution in [1.29, 1.82) is 0 Å². The van der Waals surface area contributed by atoms with Crippen molar-refractivity contribution in [2.24, 2.45) is 0 Å². The zero-order valence-corrected chi connectivity index (χ0v) is 11.0. The maximum absolute atomic E-state index is 13.0. The van der Waals surface area contributed by atoms with Gasteiger partial charge in [0, 0.05) is 6.07 Å². The van der Waals surface area contributed by atoms with Crippen LogP contribution in [0.15, 0.2) is 42.5 Å². The molecule has 0 radical (unpaired) electrons. The number of benzene rings is 2. The lowest BCUT2D eigenvalue weighted by molar-refractivity contribution is -0.138. The van der Waals surface area contributed by atoms with E-state index in [1.165, 1.54) is 24.3 Å². The van der Waals surface area contributed by atoms with E-state index in [0.717, 1.165) is 12.1 Å². The van der Waals surface area contributed by atoms with Gasteiger partial charge in [0.1, 0.15) is 18.2 Å². The molecule has 0 aromatic heterocycles. The molecule has 7 heteroatoms. The number of carboxylic acids is 1. The summed E-state index contributed by atoms with van der Waals surface area (Å²) < 4.78 is 56.7. The van der Waals surface area contributed by atoms with Crippen molar-refractivity contribution in [3.63, 3.8) is 0 Å². The predicted molar refractivity (Wildman–Crippen MR) is 69.1 cm³/mol. The number of alkyl halides is 3. The van der Waals surface area contributed by atoms with Crippen LogP contribution in [0.25, 0.3) is 0 Å². The number of aromatic carboxylic acids is 1. The second kappa shape index (κ2) is 6.05. The molecular weight excluding hydrogens is 304 g/mol. The normalized spacial score (nSPS) is 11.3. The average molecular weight is 314 g/mol. The van der Waals surface area contributed by atoms with Gasteiger partial charge in [-0.3, -0.25) is 0 Å².